The van der Waals surface area contributed by atoms with Crippen molar-refractivity contribution in [3.05, 3.63) is 0 Å². The molecular formula is C8H16N2. The smallest absolute Gasteiger partial charge is 0.179 e. The molecule has 0 radical (unpaired) electrons. The van der Waals surface area contributed by atoms with Crippen molar-refractivity contribution in [2.45, 2.75) is 27.7 Å². The number of nitrogens with zero attached hydrogens (tertiary/aromatic N) is 2. The van der Waals surface area contributed by atoms with Crippen LogP contribution >= 0.6 is 0 Å². The van der Waals surface area contributed by atoms with Gasteiger partial charge in [-0.1, -0.05) is 20.8 Å². The molecule has 2 nitrogen and oxygen atoms in total. The van der Waals surface area contributed by atoms with E-state index in [0.717, 1.165) is 13.1 Å². The average Bonchev–Trinajstić information content (AvgIpc) is 1.81. The van der Waals surface area contributed by atoms with Crippen molar-refractivity contribution in [2.75, 3.05) is 13.1 Å². The molecule has 0 unspecified atom stereocenters. The summed E-state index contributed by atoms with van der Waals surface area (Å²) in [4.78, 5) is 1.76. The molecule has 0 saturated carbocycles. The second-order valence-electron chi connectivity index (χ2n) is 3.67. The van der Waals surface area contributed by atoms with Crippen LogP contribution in [-0.2, 0) is 0 Å². The van der Waals surface area contributed by atoms with E-state index < -0.39 is 0 Å². The Morgan fingerprint density at radius 3 is 2.00 bits per heavy atom. The highest BCUT2D eigenvalue weighted by atomic mass is 15.1. The molecule has 0 N–H and O–H groups in total. The number of rotatable bonds is 2. The largest absolute Gasteiger partial charge is 0.310 e. The molecule has 58 valence electrons. The van der Waals surface area contributed by atoms with E-state index in [4.69, 9.17) is 5.26 Å². The summed E-state index contributed by atoms with van der Waals surface area (Å²) in [6.07, 6.45) is 2.14. The van der Waals surface area contributed by atoms with Crippen LogP contribution in [0.1, 0.15) is 27.7 Å². The van der Waals surface area contributed by atoms with Gasteiger partial charge in [0.2, 0.25) is 0 Å². The zero-order valence-corrected chi connectivity index (χ0v) is 7.31. The molecule has 0 aromatic carbocycles. The van der Waals surface area contributed by atoms with Crippen LogP contribution in [0.4, 0.5) is 0 Å². The van der Waals surface area contributed by atoms with E-state index >= 15 is 0 Å². The molecule has 0 fully saturated rings. The van der Waals surface area contributed by atoms with Crippen LogP contribution in [0.3, 0.4) is 0 Å². The minimum absolute atomic E-state index is 0.228. The van der Waals surface area contributed by atoms with Crippen LogP contribution in [0.2, 0.25) is 0 Å². The maximum atomic E-state index is 8.57. The van der Waals surface area contributed by atoms with Crippen LogP contribution in [0.15, 0.2) is 0 Å². The Labute approximate surface area is 63.4 Å². The third kappa shape index (κ3) is 4.20. The first-order chi connectivity index (χ1) is 4.49. The quantitative estimate of drug-likeness (QED) is 0.432. The molecule has 0 aromatic heterocycles. The molecule has 2 heteroatoms. The van der Waals surface area contributed by atoms with Crippen LogP contribution in [0.5, 0.6) is 0 Å². The second kappa shape index (κ2) is 3.46. The molecule has 0 aliphatic rings. The van der Waals surface area contributed by atoms with Crippen molar-refractivity contribution in [2.24, 2.45) is 5.41 Å². The first kappa shape index (κ1) is 9.29. The van der Waals surface area contributed by atoms with Gasteiger partial charge in [0.25, 0.3) is 0 Å². The topological polar surface area (TPSA) is 27.0 Å². The molecule has 0 saturated heterocycles. The third-order valence-electron chi connectivity index (χ3n) is 1.19. The lowest BCUT2D eigenvalue weighted by Crippen LogP contribution is -2.28. The van der Waals surface area contributed by atoms with Gasteiger partial charge in [0.05, 0.1) is 0 Å². The van der Waals surface area contributed by atoms with Gasteiger partial charge in [-0.2, -0.15) is 5.26 Å². The highest BCUT2D eigenvalue weighted by Gasteiger charge is 2.13. The monoisotopic (exact) mass is 140 g/mol. The first-order valence-electron chi connectivity index (χ1n) is 3.64. The molecule has 0 heterocycles. The Morgan fingerprint density at radius 2 is 1.90 bits per heavy atom. The number of hydrogen-bond acceptors (Lipinski definition) is 2. The van der Waals surface area contributed by atoms with Gasteiger partial charge < -0.3 is 4.90 Å². The van der Waals surface area contributed by atoms with Crippen molar-refractivity contribution < 1.29 is 0 Å². The van der Waals surface area contributed by atoms with Crippen molar-refractivity contribution in [1.82, 2.24) is 4.90 Å². The lowest BCUT2D eigenvalue weighted by atomic mass is 9.96. The molecule has 0 amide bonds. The van der Waals surface area contributed by atoms with Gasteiger partial charge in [0.1, 0.15) is 0 Å². The maximum absolute atomic E-state index is 8.57. The van der Waals surface area contributed by atoms with Crippen LogP contribution in [0, 0.1) is 16.9 Å². The summed E-state index contributed by atoms with van der Waals surface area (Å²) in [5.74, 6) is 0. The molecule has 0 aliphatic heterocycles. The van der Waals surface area contributed by atoms with Gasteiger partial charge in [0, 0.05) is 13.1 Å². The highest BCUT2D eigenvalue weighted by molar-refractivity contribution is 4.77. The minimum atomic E-state index is 0.228. The Hall–Kier alpha value is -0.710. The second-order valence-corrected chi connectivity index (χ2v) is 3.67. The summed E-state index contributed by atoms with van der Waals surface area (Å²) in [7, 11) is 0. The van der Waals surface area contributed by atoms with Gasteiger partial charge in [-0.25, -0.2) is 0 Å². The number of hydrogen-bond donors (Lipinski definition) is 0. The Morgan fingerprint density at radius 1 is 1.40 bits per heavy atom. The van der Waals surface area contributed by atoms with Gasteiger partial charge in [0.15, 0.2) is 6.19 Å². The van der Waals surface area contributed by atoms with Crippen molar-refractivity contribution in [1.29, 1.82) is 5.26 Å². The van der Waals surface area contributed by atoms with Crippen molar-refractivity contribution in [3.63, 3.8) is 0 Å². The fourth-order valence-electron chi connectivity index (χ4n) is 0.790. The Balaban J connectivity index is 3.78. The van der Waals surface area contributed by atoms with E-state index in [2.05, 4.69) is 27.0 Å². The van der Waals surface area contributed by atoms with Crippen molar-refractivity contribution >= 4 is 0 Å². The fourth-order valence-corrected chi connectivity index (χ4v) is 0.790. The zero-order chi connectivity index (χ0) is 8.20. The summed E-state index contributed by atoms with van der Waals surface area (Å²) < 4.78 is 0. The maximum Gasteiger partial charge on any atom is 0.179 e. The van der Waals surface area contributed by atoms with E-state index in [9.17, 15) is 0 Å². The molecule has 0 spiro atoms. The molecule has 0 bridgehead atoms. The van der Waals surface area contributed by atoms with Crippen LogP contribution in [0.25, 0.3) is 0 Å². The summed E-state index contributed by atoms with van der Waals surface area (Å²) in [6.45, 7) is 10.1. The standard InChI is InChI=1S/C8H16N2/c1-5-10(7-9)6-8(2,3)4/h5-6H2,1-4H3. The lowest BCUT2D eigenvalue weighted by Gasteiger charge is -2.24. The minimum Gasteiger partial charge on any atom is -0.310 e. The van der Waals surface area contributed by atoms with Gasteiger partial charge in [-0.3, -0.25) is 0 Å². The average molecular weight is 140 g/mol. The van der Waals surface area contributed by atoms with E-state index in [0.29, 0.717) is 0 Å². The third-order valence-corrected chi connectivity index (χ3v) is 1.19. The predicted octanol–water partition coefficient (Wildman–Crippen LogP) is 1.84. The van der Waals surface area contributed by atoms with E-state index in [1.807, 2.05) is 6.92 Å². The molecule has 0 rings (SSSR count). The van der Waals surface area contributed by atoms with Gasteiger partial charge in [-0.05, 0) is 12.3 Å². The first-order valence-corrected chi connectivity index (χ1v) is 3.64. The summed E-state index contributed by atoms with van der Waals surface area (Å²) >= 11 is 0. The lowest BCUT2D eigenvalue weighted by molar-refractivity contribution is 0.269. The van der Waals surface area contributed by atoms with Crippen LogP contribution in [-0.4, -0.2) is 18.0 Å². The Kier molecular flexibility index (Phi) is 3.21. The highest BCUT2D eigenvalue weighted by Crippen LogP contribution is 2.13. The SMILES string of the molecule is CCN(C#N)CC(C)(C)C. The van der Waals surface area contributed by atoms with Crippen molar-refractivity contribution in [3.8, 4) is 6.19 Å². The van der Waals surface area contributed by atoms with E-state index in [-0.39, 0.29) is 5.41 Å². The number of nitriles is 1. The van der Waals surface area contributed by atoms with Gasteiger partial charge >= 0.3 is 0 Å². The molecule has 0 aliphatic carbocycles. The predicted molar refractivity (Wildman–Crippen MR) is 42.3 cm³/mol. The summed E-state index contributed by atoms with van der Waals surface area (Å²) in [5, 5.41) is 8.57. The normalized spacial score (nSPS) is 10.7. The van der Waals surface area contributed by atoms with Crippen LogP contribution < -0.4 is 0 Å². The summed E-state index contributed by atoms with van der Waals surface area (Å²) in [5.41, 5.74) is 0.228. The summed E-state index contributed by atoms with van der Waals surface area (Å²) in [6, 6.07) is 0. The molecular weight excluding hydrogens is 124 g/mol. The Bertz CT molecular complexity index is 127. The zero-order valence-electron chi connectivity index (χ0n) is 7.31. The molecule has 10 heavy (non-hydrogen) atoms. The molecule has 0 aromatic rings. The molecule has 0 atom stereocenters. The van der Waals surface area contributed by atoms with E-state index in [1.54, 1.807) is 4.90 Å². The van der Waals surface area contributed by atoms with Gasteiger partial charge in [-0.15, -0.1) is 0 Å². The van der Waals surface area contributed by atoms with E-state index in [1.165, 1.54) is 0 Å². The fraction of sp³-hybridized carbons (Fsp3) is 0.875.